The van der Waals surface area contributed by atoms with Gasteiger partial charge in [0.25, 0.3) is 5.91 Å². The molecule has 0 atom stereocenters. The number of fused-ring (bicyclic) bond motifs is 2. The van der Waals surface area contributed by atoms with Crippen molar-refractivity contribution in [2.75, 3.05) is 6.54 Å². The number of hydrogen-bond donors (Lipinski definition) is 1. The van der Waals surface area contributed by atoms with Crippen LogP contribution < -0.4 is 5.32 Å². The second kappa shape index (κ2) is 8.95. The van der Waals surface area contributed by atoms with E-state index in [2.05, 4.69) is 42.6 Å². The Balaban J connectivity index is 1.70. The van der Waals surface area contributed by atoms with Crippen LogP contribution >= 0.6 is 11.8 Å². The first kappa shape index (κ1) is 19.3. The van der Waals surface area contributed by atoms with E-state index in [4.69, 9.17) is 4.99 Å². The average molecular weight is 393 g/mol. The van der Waals surface area contributed by atoms with Crippen LogP contribution in [0.5, 0.6) is 0 Å². The topological polar surface area (TPSA) is 41.5 Å². The zero-order valence-electron chi connectivity index (χ0n) is 16.5. The number of benzene rings is 2. The first-order valence-corrected chi connectivity index (χ1v) is 11.4. The SMILES string of the molecule is CCCCNC(=O)c1ccc2c(c1)N=C(C1CCCCC1)c1ccccc1S2. The van der Waals surface area contributed by atoms with Crippen LogP contribution in [0.2, 0.25) is 0 Å². The van der Waals surface area contributed by atoms with Crippen LogP contribution in [-0.2, 0) is 0 Å². The van der Waals surface area contributed by atoms with Crippen molar-refractivity contribution in [2.24, 2.45) is 10.9 Å². The molecule has 2 aromatic carbocycles. The van der Waals surface area contributed by atoms with Gasteiger partial charge in [-0.2, -0.15) is 0 Å². The lowest BCUT2D eigenvalue weighted by atomic mass is 9.83. The fourth-order valence-corrected chi connectivity index (χ4v) is 5.09. The minimum absolute atomic E-state index is 0.00238. The highest BCUT2D eigenvalue weighted by atomic mass is 32.2. The zero-order valence-corrected chi connectivity index (χ0v) is 17.4. The quantitative estimate of drug-likeness (QED) is 0.600. The molecule has 1 fully saturated rings. The largest absolute Gasteiger partial charge is 0.352 e. The Bertz CT molecular complexity index is 884. The first-order chi connectivity index (χ1) is 13.8. The highest BCUT2D eigenvalue weighted by Crippen LogP contribution is 2.43. The van der Waals surface area contributed by atoms with Gasteiger partial charge in [0.2, 0.25) is 0 Å². The molecule has 1 aliphatic carbocycles. The molecule has 1 saturated carbocycles. The fraction of sp³-hybridized carbons (Fsp3) is 0.417. The predicted molar refractivity (Wildman–Crippen MR) is 117 cm³/mol. The summed E-state index contributed by atoms with van der Waals surface area (Å²) in [6, 6.07) is 14.6. The maximum Gasteiger partial charge on any atom is 0.251 e. The molecule has 0 bridgehead atoms. The van der Waals surface area contributed by atoms with Crippen molar-refractivity contribution in [2.45, 2.75) is 61.7 Å². The molecular formula is C24H28N2OS. The standard InChI is InChI=1S/C24H28N2OS/c1-2-3-15-25-24(27)18-13-14-22-20(16-18)26-23(17-9-5-4-6-10-17)19-11-7-8-12-21(19)28-22/h7-8,11-14,16-17H,2-6,9-10,15H2,1H3,(H,25,27). The fourth-order valence-electron chi connectivity index (χ4n) is 4.08. The predicted octanol–water partition coefficient (Wildman–Crippen LogP) is 6.38. The van der Waals surface area contributed by atoms with E-state index in [9.17, 15) is 4.79 Å². The minimum Gasteiger partial charge on any atom is -0.352 e. The second-order valence-corrected chi connectivity index (χ2v) is 8.81. The minimum atomic E-state index is -0.00238. The number of rotatable bonds is 5. The molecule has 1 heterocycles. The summed E-state index contributed by atoms with van der Waals surface area (Å²) in [5.74, 6) is 0.515. The number of aliphatic imine (C=N–C) groups is 1. The van der Waals surface area contributed by atoms with Gasteiger partial charge < -0.3 is 5.32 Å². The summed E-state index contributed by atoms with van der Waals surface area (Å²) in [7, 11) is 0. The summed E-state index contributed by atoms with van der Waals surface area (Å²) >= 11 is 1.77. The summed E-state index contributed by atoms with van der Waals surface area (Å²) in [5, 5.41) is 3.02. The Labute approximate surface area is 172 Å². The highest BCUT2D eigenvalue weighted by molar-refractivity contribution is 7.99. The molecule has 0 aromatic heterocycles. The third-order valence-electron chi connectivity index (χ3n) is 5.65. The normalized spacial score (nSPS) is 16.5. The van der Waals surface area contributed by atoms with Gasteiger partial charge in [0.1, 0.15) is 0 Å². The average Bonchev–Trinajstić information content (AvgIpc) is 2.90. The molecule has 3 nitrogen and oxygen atoms in total. The molecule has 0 unspecified atom stereocenters. The van der Waals surface area contributed by atoms with Gasteiger partial charge in [-0.05, 0) is 43.5 Å². The Morgan fingerprint density at radius 2 is 1.93 bits per heavy atom. The van der Waals surface area contributed by atoms with Gasteiger partial charge in [0.15, 0.2) is 0 Å². The summed E-state index contributed by atoms with van der Waals surface area (Å²) < 4.78 is 0. The summed E-state index contributed by atoms with van der Waals surface area (Å²) in [4.78, 5) is 20.1. The number of nitrogens with one attached hydrogen (secondary N) is 1. The van der Waals surface area contributed by atoms with E-state index in [1.165, 1.54) is 48.3 Å². The van der Waals surface area contributed by atoms with Crippen molar-refractivity contribution in [3.8, 4) is 0 Å². The molecule has 1 aliphatic heterocycles. The molecule has 4 heteroatoms. The van der Waals surface area contributed by atoms with Crippen molar-refractivity contribution in [3.05, 3.63) is 53.6 Å². The van der Waals surface area contributed by atoms with E-state index in [-0.39, 0.29) is 5.91 Å². The molecule has 0 saturated heterocycles. The molecule has 1 amide bonds. The van der Waals surface area contributed by atoms with E-state index in [1.807, 2.05) is 12.1 Å². The summed E-state index contributed by atoms with van der Waals surface area (Å²) in [5.41, 5.74) is 4.12. The molecule has 1 N–H and O–H groups in total. The van der Waals surface area contributed by atoms with E-state index in [0.717, 1.165) is 30.0 Å². The number of nitrogens with zero attached hydrogens (tertiary/aromatic N) is 1. The number of amides is 1. The highest BCUT2D eigenvalue weighted by Gasteiger charge is 2.25. The lowest BCUT2D eigenvalue weighted by Gasteiger charge is -2.24. The smallest absolute Gasteiger partial charge is 0.251 e. The van der Waals surface area contributed by atoms with Crippen molar-refractivity contribution in [1.29, 1.82) is 0 Å². The van der Waals surface area contributed by atoms with Crippen LogP contribution in [0.1, 0.15) is 67.8 Å². The van der Waals surface area contributed by atoms with Gasteiger partial charge in [-0.15, -0.1) is 0 Å². The third-order valence-corrected chi connectivity index (χ3v) is 6.79. The van der Waals surface area contributed by atoms with Crippen LogP contribution in [0.3, 0.4) is 0 Å². The Morgan fingerprint density at radius 3 is 2.75 bits per heavy atom. The number of unbranched alkanes of at least 4 members (excludes halogenated alkanes) is 1. The van der Waals surface area contributed by atoms with E-state index < -0.39 is 0 Å². The number of carbonyl (C=O) groups is 1. The molecule has 28 heavy (non-hydrogen) atoms. The Hall–Kier alpha value is -2.07. The van der Waals surface area contributed by atoms with Gasteiger partial charge in [0, 0.05) is 33.4 Å². The molecule has 146 valence electrons. The monoisotopic (exact) mass is 392 g/mol. The van der Waals surface area contributed by atoms with Crippen molar-refractivity contribution >= 4 is 29.1 Å². The molecule has 4 rings (SSSR count). The summed E-state index contributed by atoms with van der Waals surface area (Å²) in [6.45, 7) is 2.86. The van der Waals surface area contributed by atoms with Crippen LogP contribution in [0, 0.1) is 5.92 Å². The Morgan fingerprint density at radius 1 is 1.11 bits per heavy atom. The van der Waals surface area contributed by atoms with Gasteiger partial charge in [0.05, 0.1) is 11.4 Å². The Kier molecular flexibility index (Phi) is 6.16. The van der Waals surface area contributed by atoms with Gasteiger partial charge >= 0.3 is 0 Å². The third kappa shape index (κ3) is 4.17. The van der Waals surface area contributed by atoms with Crippen LogP contribution in [0.25, 0.3) is 0 Å². The first-order valence-electron chi connectivity index (χ1n) is 10.5. The molecule has 2 aromatic rings. The van der Waals surface area contributed by atoms with Crippen molar-refractivity contribution < 1.29 is 4.79 Å². The van der Waals surface area contributed by atoms with Gasteiger partial charge in [-0.3, -0.25) is 9.79 Å². The molecular weight excluding hydrogens is 364 g/mol. The van der Waals surface area contributed by atoms with E-state index in [0.29, 0.717) is 11.5 Å². The molecule has 0 radical (unpaired) electrons. The lowest BCUT2D eigenvalue weighted by molar-refractivity contribution is 0.0953. The van der Waals surface area contributed by atoms with Crippen LogP contribution in [0.4, 0.5) is 5.69 Å². The number of hydrogen-bond acceptors (Lipinski definition) is 3. The molecule has 0 spiro atoms. The van der Waals surface area contributed by atoms with Crippen LogP contribution in [0.15, 0.2) is 57.2 Å². The van der Waals surface area contributed by atoms with Gasteiger partial charge in [-0.1, -0.05) is 62.6 Å². The lowest BCUT2D eigenvalue weighted by Crippen LogP contribution is -2.24. The zero-order chi connectivity index (χ0) is 19.3. The van der Waals surface area contributed by atoms with E-state index >= 15 is 0 Å². The second-order valence-electron chi connectivity index (χ2n) is 7.72. The van der Waals surface area contributed by atoms with Crippen molar-refractivity contribution in [1.82, 2.24) is 5.32 Å². The maximum absolute atomic E-state index is 12.5. The maximum atomic E-state index is 12.5. The van der Waals surface area contributed by atoms with E-state index in [1.54, 1.807) is 11.8 Å². The van der Waals surface area contributed by atoms with Gasteiger partial charge in [-0.25, -0.2) is 0 Å². The number of carbonyl (C=O) groups excluding carboxylic acids is 1. The molecule has 2 aliphatic rings. The summed E-state index contributed by atoms with van der Waals surface area (Å²) in [6.07, 6.45) is 8.41. The van der Waals surface area contributed by atoms with Crippen LogP contribution in [-0.4, -0.2) is 18.2 Å². The van der Waals surface area contributed by atoms with Crippen molar-refractivity contribution in [3.63, 3.8) is 0 Å².